The third-order valence-electron chi connectivity index (χ3n) is 2.17. The maximum atomic E-state index is 12.0. The summed E-state index contributed by atoms with van der Waals surface area (Å²) in [5.74, 6) is 0.224. The van der Waals surface area contributed by atoms with E-state index in [1.165, 1.54) is 22.7 Å². The Bertz CT molecular complexity index is 517. The normalized spacial score (nSPS) is 10.8. The predicted molar refractivity (Wildman–Crippen MR) is 71.0 cm³/mol. The number of nitrogens with one attached hydrogen (secondary N) is 1. The van der Waals surface area contributed by atoms with Crippen molar-refractivity contribution in [1.82, 2.24) is 9.97 Å². The predicted octanol–water partition coefficient (Wildman–Crippen LogP) is 3.28. The Hall–Kier alpha value is -1.27. The van der Waals surface area contributed by atoms with Gasteiger partial charge < -0.3 is 0 Å². The Morgan fingerprint density at radius 3 is 2.76 bits per heavy atom. The molecule has 1 N–H and O–H groups in total. The molecule has 0 aliphatic rings. The largest absolute Gasteiger partial charge is 0.297 e. The first-order chi connectivity index (χ1) is 8.08. The Morgan fingerprint density at radius 1 is 1.47 bits per heavy atom. The maximum Gasteiger partial charge on any atom is 0.269 e. The Labute approximate surface area is 108 Å². The van der Waals surface area contributed by atoms with Gasteiger partial charge in [-0.1, -0.05) is 13.8 Å². The smallest absolute Gasteiger partial charge is 0.269 e. The minimum Gasteiger partial charge on any atom is -0.297 e. The zero-order valence-corrected chi connectivity index (χ0v) is 11.5. The van der Waals surface area contributed by atoms with Gasteiger partial charge in [-0.15, -0.1) is 22.7 Å². The Balaban J connectivity index is 2.19. The van der Waals surface area contributed by atoms with E-state index in [1.807, 2.05) is 12.3 Å². The van der Waals surface area contributed by atoms with Crippen LogP contribution in [-0.2, 0) is 0 Å². The van der Waals surface area contributed by atoms with Crippen molar-refractivity contribution in [1.29, 1.82) is 0 Å². The quantitative estimate of drug-likeness (QED) is 0.928. The zero-order valence-electron chi connectivity index (χ0n) is 9.85. The number of rotatable bonds is 3. The molecule has 0 aliphatic carbocycles. The van der Waals surface area contributed by atoms with Crippen LogP contribution in [0.2, 0.25) is 0 Å². The van der Waals surface area contributed by atoms with Gasteiger partial charge in [0.1, 0.15) is 4.88 Å². The van der Waals surface area contributed by atoms with Crippen molar-refractivity contribution in [2.45, 2.75) is 26.7 Å². The summed E-state index contributed by atoms with van der Waals surface area (Å²) < 4.78 is 0. The van der Waals surface area contributed by atoms with Gasteiger partial charge in [0.05, 0.1) is 10.7 Å². The molecule has 90 valence electrons. The minimum absolute atomic E-state index is 0.123. The van der Waals surface area contributed by atoms with Gasteiger partial charge in [-0.25, -0.2) is 9.97 Å². The monoisotopic (exact) mass is 267 g/mol. The lowest BCUT2D eigenvalue weighted by molar-refractivity contribution is 0.103. The molecule has 0 spiro atoms. The number of nitrogens with zero attached hydrogens (tertiary/aromatic N) is 2. The summed E-state index contributed by atoms with van der Waals surface area (Å²) in [5, 5.41) is 6.21. The van der Waals surface area contributed by atoms with Crippen LogP contribution in [0.15, 0.2) is 11.6 Å². The van der Waals surface area contributed by atoms with E-state index in [0.717, 1.165) is 10.7 Å². The van der Waals surface area contributed by atoms with Crippen molar-refractivity contribution in [2.24, 2.45) is 0 Å². The summed E-state index contributed by atoms with van der Waals surface area (Å²) in [6, 6.07) is 0. The number of carbonyl (C=O) groups is 1. The molecule has 0 saturated carbocycles. The van der Waals surface area contributed by atoms with Crippen LogP contribution in [0, 0.1) is 6.92 Å². The Morgan fingerprint density at radius 2 is 2.24 bits per heavy atom. The van der Waals surface area contributed by atoms with E-state index in [0.29, 0.717) is 15.9 Å². The number of thiazole rings is 2. The lowest BCUT2D eigenvalue weighted by Crippen LogP contribution is -2.11. The number of aromatic nitrogens is 2. The van der Waals surface area contributed by atoms with E-state index in [4.69, 9.17) is 0 Å². The molecule has 0 aromatic carbocycles. The third-order valence-corrected chi connectivity index (χ3v) is 4.31. The topological polar surface area (TPSA) is 54.9 Å². The van der Waals surface area contributed by atoms with Crippen LogP contribution in [-0.4, -0.2) is 15.9 Å². The number of amides is 1. The molecule has 4 nitrogen and oxygen atoms in total. The molecular formula is C11H13N3OS2. The number of aryl methyl sites for hydroxylation is 1. The van der Waals surface area contributed by atoms with E-state index in [1.54, 1.807) is 6.20 Å². The standard InChI is InChI=1S/C11H13N3OS2/c1-6(2)10-13-7(3)8(17-10)9(15)14-11-12-4-5-16-11/h4-6H,1-3H3,(H,12,14,15). The van der Waals surface area contributed by atoms with Crippen molar-refractivity contribution in [3.05, 3.63) is 27.2 Å². The second-order valence-electron chi connectivity index (χ2n) is 3.91. The molecule has 2 aromatic heterocycles. The highest BCUT2D eigenvalue weighted by atomic mass is 32.1. The average Bonchev–Trinajstić information content (AvgIpc) is 2.86. The summed E-state index contributed by atoms with van der Waals surface area (Å²) in [6.07, 6.45) is 1.67. The lowest BCUT2D eigenvalue weighted by Gasteiger charge is -1.98. The molecule has 17 heavy (non-hydrogen) atoms. The fourth-order valence-corrected chi connectivity index (χ4v) is 2.80. The minimum atomic E-state index is -0.123. The number of hydrogen-bond donors (Lipinski definition) is 1. The summed E-state index contributed by atoms with van der Waals surface area (Å²) in [7, 11) is 0. The van der Waals surface area contributed by atoms with Crippen LogP contribution >= 0.6 is 22.7 Å². The molecule has 0 radical (unpaired) electrons. The average molecular weight is 267 g/mol. The van der Waals surface area contributed by atoms with Gasteiger partial charge in [0.2, 0.25) is 0 Å². The number of anilines is 1. The molecule has 2 rings (SSSR count). The fraction of sp³-hybridized carbons (Fsp3) is 0.364. The van der Waals surface area contributed by atoms with Crippen LogP contribution in [0.5, 0.6) is 0 Å². The molecule has 2 aromatic rings. The fourth-order valence-electron chi connectivity index (χ4n) is 1.31. The van der Waals surface area contributed by atoms with Gasteiger partial charge in [-0.3, -0.25) is 10.1 Å². The van der Waals surface area contributed by atoms with Crippen molar-refractivity contribution in [3.63, 3.8) is 0 Å². The van der Waals surface area contributed by atoms with E-state index in [9.17, 15) is 4.79 Å². The lowest BCUT2D eigenvalue weighted by atomic mass is 10.2. The Kier molecular flexibility index (Phi) is 3.54. The van der Waals surface area contributed by atoms with Gasteiger partial charge in [0.15, 0.2) is 5.13 Å². The van der Waals surface area contributed by atoms with Crippen LogP contribution in [0.25, 0.3) is 0 Å². The summed E-state index contributed by atoms with van der Waals surface area (Å²) >= 11 is 2.86. The van der Waals surface area contributed by atoms with Crippen molar-refractivity contribution in [2.75, 3.05) is 5.32 Å². The molecular weight excluding hydrogens is 254 g/mol. The van der Waals surface area contributed by atoms with Crippen molar-refractivity contribution in [3.8, 4) is 0 Å². The molecule has 0 bridgehead atoms. The maximum absolute atomic E-state index is 12.0. The van der Waals surface area contributed by atoms with Gasteiger partial charge in [0.25, 0.3) is 5.91 Å². The molecule has 2 heterocycles. The van der Waals surface area contributed by atoms with Crippen LogP contribution in [0.3, 0.4) is 0 Å². The summed E-state index contributed by atoms with van der Waals surface area (Å²) in [5.41, 5.74) is 0.785. The van der Waals surface area contributed by atoms with Gasteiger partial charge >= 0.3 is 0 Å². The molecule has 0 atom stereocenters. The zero-order chi connectivity index (χ0) is 12.4. The van der Waals surface area contributed by atoms with Crippen LogP contribution in [0.4, 0.5) is 5.13 Å². The summed E-state index contributed by atoms with van der Waals surface area (Å²) in [4.78, 5) is 21.1. The van der Waals surface area contributed by atoms with Crippen LogP contribution in [0.1, 0.15) is 40.1 Å². The van der Waals surface area contributed by atoms with E-state index in [-0.39, 0.29) is 5.91 Å². The molecule has 6 heteroatoms. The second kappa shape index (κ2) is 4.93. The highest BCUT2D eigenvalue weighted by Gasteiger charge is 2.17. The first-order valence-electron chi connectivity index (χ1n) is 5.26. The van der Waals surface area contributed by atoms with E-state index in [2.05, 4.69) is 29.1 Å². The molecule has 1 amide bonds. The number of hydrogen-bond acceptors (Lipinski definition) is 5. The van der Waals surface area contributed by atoms with Gasteiger partial charge in [-0.05, 0) is 6.92 Å². The molecule has 0 aliphatic heterocycles. The van der Waals surface area contributed by atoms with E-state index < -0.39 is 0 Å². The summed E-state index contributed by atoms with van der Waals surface area (Å²) in [6.45, 7) is 6.00. The first-order valence-corrected chi connectivity index (χ1v) is 6.95. The second-order valence-corrected chi connectivity index (χ2v) is 5.84. The van der Waals surface area contributed by atoms with Gasteiger partial charge in [0, 0.05) is 17.5 Å². The first kappa shape index (κ1) is 12.2. The molecule has 0 fully saturated rings. The highest BCUT2D eigenvalue weighted by molar-refractivity contribution is 7.15. The SMILES string of the molecule is Cc1nc(C(C)C)sc1C(=O)Nc1nccs1. The van der Waals surface area contributed by atoms with Crippen molar-refractivity contribution < 1.29 is 4.79 Å². The van der Waals surface area contributed by atoms with E-state index >= 15 is 0 Å². The van der Waals surface area contributed by atoms with Gasteiger partial charge in [-0.2, -0.15) is 0 Å². The molecule has 0 saturated heterocycles. The van der Waals surface area contributed by atoms with Crippen molar-refractivity contribution >= 4 is 33.7 Å². The number of carbonyl (C=O) groups excluding carboxylic acids is 1. The highest BCUT2D eigenvalue weighted by Crippen LogP contribution is 2.25. The third kappa shape index (κ3) is 2.70. The van der Waals surface area contributed by atoms with Crippen LogP contribution < -0.4 is 5.32 Å². The molecule has 0 unspecified atom stereocenters.